The van der Waals surface area contributed by atoms with E-state index in [1.165, 1.54) is 6.07 Å². The van der Waals surface area contributed by atoms with Crippen molar-refractivity contribution in [3.05, 3.63) is 29.3 Å². The molecule has 0 fully saturated rings. The van der Waals surface area contributed by atoms with Crippen LogP contribution in [0.4, 0.5) is 0 Å². The van der Waals surface area contributed by atoms with Crippen molar-refractivity contribution in [1.82, 2.24) is 0 Å². The van der Waals surface area contributed by atoms with Gasteiger partial charge in [-0.15, -0.1) is 0 Å². The Morgan fingerprint density at radius 3 is 2.80 bits per heavy atom. The lowest BCUT2D eigenvalue weighted by atomic mass is 10.1. The molecule has 1 atom stereocenters. The first-order chi connectivity index (χ1) is 7.06. The molecule has 0 radical (unpaired) electrons. The lowest BCUT2D eigenvalue weighted by Gasteiger charge is -2.03. The van der Waals surface area contributed by atoms with Crippen molar-refractivity contribution in [3.63, 3.8) is 0 Å². The zero-order valence-electron chi connectivity index (χ0n) is 8.06. The fourth-order valence-corrected chi connectivity index (χ4v) is 1.87. The van der Waals surface area contributed by atoms with Gasteiger partial charge in [-0.25, -0.2) is 4.79 Å². The molecule has 0 heterocycles. The fourth-order valence-electron chi connectivity index (χ4n) is 1.12. The van der Waals surface area contributed by atoms with Gasteiger partial charge in [0, 0.05) is 4.90 Å². The maximum absolute atomic E-state index is 11.4. The number of carboxylic acid groups (broad SMARTS) is 1. The smallest absolute Gasteiger partial charge is 0.335 e. The molecule has 0 aliphatic heterocycles. The minimum Gasteiger partial charge on any atom is -0.478 e. The fraction of sp³-hybridized carbons (Fsp3) is 0.200. The molecule has 0 saturated heterocycles. The Labute approximate surface area is 89.6 Å². The first kappa shape index (κ1) is 11.4. The predicted molar refractivity (Wildman–Crippen MR) is 55.0 cm³/mol. The van der Waals surface area contributed by atoms with Crippen molar-refractivity contribution in [3.8, 4) is 6.07 Å². The summed E-state index contributed by atoms with van der Waals surface area (Å²) < 4.78 is 11.4. The summed E-state index contributed by atoms with van der Waals surface area (Å²) >= 11 is 0. The van der Waals surface area contributed by atoms with E-state index in [1.807, 2.05) is 0 Å². The number of rotatable bonds is 3. The lowest BCUT2D eigenvalue weighted by Crippen LogP contribution is -2.03. The Kier molecular flexibility index (Phi) is 3.58. The van der Waals surface area contributed by atoms with Gasteiger partial charge >= 0.3 is 5.97 Å². The van der Waals surface area contributed by atoms with Crippen molar-refractivity contribution >= 4 is 16.8 Å². The van der Waals surface area contributed by atoms with E-state index in [0.29, 0.717) is 10.5 Å². The Morgan fingerprint density at radius 2 is 2.27 bits per heavy atom. The van der Waals surface area contributed by atoms with Crippen LogP contribution in [0.1, 0.15) is 15.9 Å². The molecule has 1 aromatic rings. The molecule has 1 N–H and O–H groups in total. The van der Waals surface area contributed by atoms with E-state index in [1.54, 1.807) is 25.1 Å². The Morgan fingerprint density at radius 1 is 1.60 bits per heavy atom. The SMILES string of the molecule is Cc1ccc(S(=O)CC#N)cc1C(=O)O. The van der Waals surface area contributed by atoms with Gasteiger partial charge in [0.05, 0.1) is 22.4 Å². The molecule has 0 saturated carbocycles. The molecule has 1 aromatic carbocycles. The average molecular weight is 223 g/mol. The number of carboxylic acids is 1. The number of carbonyl (C=O) groups is 1. The molecule has 5 heteroatoms. The van der Waals surface area contributed by atoms with Gasteiger partial charge in [-0.05, 0) is 24.6 Å². The summed E-state index contributed by atoms with van der Waals surface area (Å²) in [5, 5.41) is 17.2. The van der Waals surface area contributed by atoms with Crippen molar-refractivity contribution in [1.29, 1.82) is 5.26 Å². The second-order valence-corrected chi connectivity index (χ2v) is 4.38. The summed E-state index contributed by atoms with van der Waals surface area (Å²) in [5.74, 6) is -1.18. The van der Waals surface area contributed by atoms with Crippen molar-refractivity contribution < 1.29 is 14.1 Å². The molecule has 4 nitrogen and oxygen atoms in total. The second kappa shape index (κ2) is 4.71. The molecular formula is C10H9NO3S. The number of nitrogens with zero attached hydrogens (tertiary/aromatic N) is 1. The number of hydrogen-bond acceptors (Lipinski definition) is 3. The van der Waals surface area contributed by atoms with Gasteiger partial charge < -0.3 is 5.11 Å². The number of aryl methyl sites for hydroxylation is 1. The molecule has 0 aliphatic rings. The highest BCUT2D eigenvalue weighted by molar-refractivity contribution is 7.85. The Bertz CT molecular complexity index is 462. The van der Waals surface area contributed by atoms with Gasteiger partial charge in [0.2, 0.25) is 0 Å². The van der Waals surface area contributed by atoms with E-state index in [2.05, 4.69) is 0 Å². The van der Waals surface area contributed by atoms with Crippen LogP contribution >= 0.6 is 0 Å². The van der Waals surface area contributed by atoms with Gasteiger partial charge in [0.25, 0.3) is 0 Å². The van der Waals surface area contributed by atoms with Crippen LogP contribution in [0.3, 0.4) is 0 Å². The largest absolute Gasteiger partial charge is 0.478 e. The number of nitriles is 1. The molecule has 1 rings (SSSR count). The van der Waals surface area contributed by atoms with Gasteiger partial charge in [-0.2, -0.15) is 5.26 Å². The molecule has 0 aromatic heterocycles. The van der Waals surface area contributed by atoms with Crippen molar-refractivity contribution in [2.75, 3.05) is 5.75 Å². The molecule has 15 heavy (non-hydrogen) atoms. The Balaban J connectivity index is 3.14. The topological polar surface area (TPSA) is 78.2 Å². The third-order valence-corrected chi connectivity index (χ3v) is 3.07. The zero-order chi connectivity index (χ0) is 11.4. The number of aromatic carboxylic acids is 1. The third-order valence-electron chi connectivity index (χ3n) is 1.90. The first-order valence-corrected chi connectivity index (χ1v) is 5.47. The zero-order valence-corrected chi connectivity index (χ0v) is 8.87. The highest BCUT2D eigenvalue weighted by Crippen LogP contribution is 2.14. The highest BCUT2D eigenvalue weighted by atomic mass is 32.2. The first-order valence-electron chi connectivity index (χ1n) is 4.15. The minimum atomic E-state index is -1.44. The standard InChI is InChI=1S/C10H9NO3S/c1-7-2-3-8(15(14)5-4-11)6-9(7)10(12)13/h2-3,6H,5H2,1H3,(H,12,13). The van der Waals surface area contributed by atoms with Crippen LogP contribution in [-0.4, -0.2) is 21.0 Å². The van der Waals surface area contributed by atoms with Crippen LogP contribution in [0.15, 0.2) is 23.1 Å². The maximum atomic E-state index is 11.4. The average Bonchev–Trinajstić information content (AvgIpc) is 2.18. The van der Waals surface area contributed by atoms with Crippen LogP contribution in [-0.2, 0) is 10.8 Å². The van der Waals surface area contributed by atoms with Crippen molar-refractivity contribution in [2.45, 2.75) is 11.8 Å². The quantitative estimate of drug-likeness (QED) is 0.838. The summed E-state index contributed by atoms with van der Waals surface area (Å²) in [4.78, 5) is 11.2. The molecule has 0 bridgehead atoms. The van der Waals surface area contributed by atoms with Crippen LogP contribution < -0.4 is 0 Å². The molecule has 78 valence electrons. The molecule has 1 unspecified atom stereocenters. The summed E-state index contributed by atoms with van der Waals surface area (Å²) in [6, 6.07) is 6.30. The van der Waals surface area contributed by atoms with E-state index in [0.717, 1.165) is 0 Å². The second-order valence-electron chi connectivity index (χ2n) is 2.93. The van der Waals surface area contributed by atoms with Crippen molar-refractivity contribution in [2.24, 2.45) is 0 Å². The summed E-state index contributed by atoms with van der Waals surface area (Å²) in [5.41, 5.74) is 0.735. The van der Waals surface area contributed by atoms with Crippen LogP contribution in [0.5, 0.6) is 0 Å². The van der Waals surface area contributed by atoms with Gasteiger partial charge in [-0.1, -0.05) is 6.07 Å². The van der Waals surface area contributed by atoms with E-state index < -0.39 is 16.8 Å². The highest BCUT2D eigenvalue weighted by Gasteiger charge is 2.10. The van der Waals surface area contributed by atoms with Gasteiger partial charge in [0.1, 0.15) is 5.75 Å². The van der Waals surface area contributed by atoms with Crippen LogP contribution in [0.25, 0.3) is 0 Å². The third kappa shape index (κ3) is 2.64. The number of hydrogen-bond donors (Lipinski definition) is 1. The normalized spacial score (nSPS) is 11.7. The van der Waals surface area contributed by atoms with Gasteiger partial charge in [0.15, 0.2) is 0 Å². The molecular weight excluding hydrogens is 214 g/mol. The monoisotopic (exact) mass is 223 g/mol. The maximum Gasteiger partial charge on any atom is 0.335 e. The lowest BCUT2D eigenvalue weighted by molar-refractivity contribution is 0.0696. The van der Waals surface area contributed by atoms with E-state index in [-0.39, 0.29) is 11.3 Å². The summed E-state index contributed by atoms with van der Waals surface area (Å²) in [7, 11) is -1.44. The van der Waals surface area contributed by atoms with E-state index >= 15 is 0 Å². The van der Waals surface area contributed by atoms with Crippen LogP contribution in [0, 0.1) is 18.3 Å². The molecule has 0 spiro atoms. The predicted octanol–water partition coefficient (Wildman–Crippen LogP) is 1.32. The van der Waals surface area contributed by atoms with Crippen LogP contribution in [0.2, 0.25) is 0 Å². The van der Waals surface area contributed by atoms with Gasteiger partial charge in [-0.3, -0.25) is 4.21 Å². The minimum absolute atomic E-state index is 0.123. The Hall–Kier alpha value is -1.67. The van der Waals surface area contributed by atoms with E-state index in [4.69, 9.17) is 10.4 Å². The molecule has 0 aliphatic carbocycles. The summed E-state index contributed by atoms with van der Waals surface area (Å²) in [6.07, 6.45) is 0. The van der Waals surface area contributed by atoms with E-state index in [9.17, 15) is 9.00 Å². The molecule has 0 amide bonds. The number of benzene rings is 1. The summed E-state index contributed by atoms with van der Waals surface area (Å²) in [6.45, 7) is 1.67.